The van der Waals surface area contributed by atoms with Crippen molar-refractivity contribution in [3.8, 4) is 0 Å². The molecule has 1 aromatic carbocycles. The Labute approximate surface area is 99.9 Å². The predicted molar refractivity (Wildman–Crippen MR) is 68.2 cm³/mol. The van der Waals surface area contributed by atoms with Crippen LogP contribution in [0.2, 0.25) is 0 Å². The molecule has 0 amide bonds. The second-order valence-corrected chi connectivity index (χ2v) is 3.66. The quantitative estimate of drug-likeness (QED) is 0.880. The van der Waals surface area contributed by atoms with Gasteiger partial charge in [-0.15, -0.1) is 0 Å². The van der Waals surface area contributed by atoms with E-state index in [1.165, 1.54) is 6.07 Å². The van der Waals surface area contributed by atoms with Gasteiger partial charge in [-0.3, -0.25) is 0 Å². The first-order chi connectivity index (χ1) is 8.22. The fourth-order valence-corrected chi connectivity index (χ4v) is 1.63. The molecule has 4 heteroatoms. The van der Waals surface area contributed by atoms with Gasteiger partial charge in [0.2, 0.25) is 0 Å². The normalized spacial score (nSPS) is 10.1. The van der Waals surface area contributed by atoms with E-state index < -0.39 is 0 Å². The van der Waals surface area contributed by atoms with Gasteiger partial charge in [0, 0.05) is 32.0 Å². The maximum atomic E-state index is 13.6. The number of hydrogen-bond acceptors (Lipinski definition) is 3. The second-order valence-electron chi connectivity index (χ2n) is 3.66. The summed E-state index contributed by atoms with van der Waals surface area (Å²) in [5, 5.41) is 2.96. The van der Waals surface area contributed by atoms with Gasteiger partial charge in [0.05, 0.1) is 5.69 Å². The molecule has 1 aromatic heterocycles. The molecular formula is C13H14FN3. The largest absolute Gasteiger partial charge is 0.373 e. The third-order valence-corrected chi connectivity index (χ3v) is 2.60. The average molecular weight is 231 g/mol. The number of aromatic nitrogens is 1. The van der Waals surface area contributed by atoms with E-state index in [1.54, 1.807) is 30.3 Å². The highest BCUT2D eigenvalue weighted by molar-refractivity contribution is 5.65. The molecule has 0 spiro atoms. The lowest BCUT2D eigenvalue weighted by Gasteiger charge is -2.20. The summed E-state index contributed by atoms with van der Waals surface area (Å²) in [5.74, 6) is 0.517. The maximum Gasteiger partial charge on any atom is 0.146 e. The Bertz CT molecular complexity index is 514. The zero-order valence-electron chi connectivity index (χ0n) is 9.81. The number of nitrogens with zero attached hydrogens (tertiary/aromatic N) is 2. The molecule has 0 radical (unpaired) electrons. The van der Waals surface area contributed by atoms with Gasteiger partial charge in [-0.1, -0.05) is 12.1 Å². The van der Waals surface area contributed by atoms with E-state index in [2.05, 4.69) is 10.3 Å². The maximum absolute atomic E-state index is 13.6. The van der Waals surface area contributed by atoms with Crippen molar-refractivity contribution in [2.75, 3.05) is 24.3 Å². The Balaban J connectivity index is 2.37. The molecule has 0 aliphatic carbocycles. The third-order valence-electron chi connectivity index (χ3n) is 2.60. The smallest absolute Gasteiger partial charge is 0.146 e. The van der Waals surface area contributed by atoms with Crippen molar-refractivity contribution in [1.82, 2.24) is 4.98 Å². The molecule has 0 fully saturated rings. The number of benzene rings is 1. The van der Waals surface area contributed by atoms with Crippen LogP contribution in [-0.2, 0) is 0 Å². The lowest BCUT2D eigenvalue weighted by Crippen LogP contribution is -2.11. The summed E-state index contributed by atoms with van der Waals surface area (Å²) in [7, 11) is 3.63. The van der Waals surface area contributed by atoms with Crippen LogP contribution in [0.25, 0.3) is 0 Å². The minimum absolute atomic E-state index is 0.238. The van der Waals surface area contributed by atoms with Crippen LogP contribution in [0.1, 0.15) is 0 Å². The summed E-state index contributed by atoms with van der Waals surface area (Å²) in [5.41, 5.74) is 1.43. The molecule has 1 N–H and O–H groups in total. The molecule has 1 heterocycles. The summed E-state index contributed by atoms with van der Waals surface area (Å²) in [6.45, 7) is 0. The van der Waals surface area contributed by atoms with Crippen LogP contribution in [0.4, 0.5) is 21.6 Å². The third kappa shape index (κ3) is 2.36. The molecule has 17 heavy (non-hydrogen) atoms. The van der Waals surface area contributed by atoms with Crippen LogP contribution in [0.15, 0.2) is 42.6 Å². The zero-order chi connectivity index (χ0) is 12.3. The Morgan fingerprint density at radius 2 is 2.00 bits per heavy atom. The van der Waals surface area contributed by atoms with Gasteiger partial charge in [0.1, 0.15) is 11.6 Å². The summed E-state index contributed by atoms with van der Waals surface area (Å²) < 4.78 is 13.6. The van der Waals surface area contributed by atoms with Crippen LogP contribution < -0.4 is 10.2 Å². The minimum atomic E-state index is -0.238. The van der Waals surface area contributed by atoms with Crippen LogP contribution in [0, 0.1) is 5.82 Å². The number of halogens is 1. The van der Waals surface area contributed by atoms with Gasteiger partial charge >= 0.3 is 0 Å². The first-order valence-corrected chi connectivity index (χ1v) is 5.34. The Hall–Kier alpha value is -2.10. The number of anilines is 3. The fraction of sp³-hybridized carbons (Fsp3) is 0.154. The molecule has 0 aliphatic rings. The van der Waals surface area contributed by atoms with Crippen LogP contribution in [0.5, 0.6) is 0 Å². The molecule has 0 saturated heterocycles. The van der Waals surface area contributed by atoms with Crippen molar-refractivity contribution in [3.63, 3.8) is 0 Å². The van der Waals surface area contributed by atoms with Crippen molar-refractivity contribution in [1.29, 1.82) is 0 Å². The highest BCUT2D eigenvalue weighted by atomic mass is 19.1. The predicted octanol–water partition coefficient (Wildman–Crippen LogP) is 3.03. The van der Waals surface area contributed by atoms with Gasteiger partial charge < -0.3 is 10.2 Å². The summed E-state index contributed by atoms with van der Waals surface area (Å²) in [6, 6.07) is 10.4. The SMILES string of the molecule is CNc1cc(N(C)c2ccccc2F)ccn1. The lowest BCUT2D eigenvalue weighted by molar-refractivity contribution is 0.627. The molecule has 0 aliphatic heterocycles. The average Bonchev–Trinajstić information content (AvgIpc) is 2.38. The molecule has 2 aromatic rings. The van der Waals surface area contributed by atoms with E-state index in [0.717, 1.165) is 11.5 Å². The first-order valence-electron chi connectivity index (χ1n) is 5.34. The molecular weight excluding hydrogens is 217 g/mol. The number of para-hydroxylation sites is 1. The molecule has 0 atom stereocenters. The van der Waals surface area contributed by atoms with E-state index in [0.29, 0.717) is 5.69 Å². The highest BCUT2D eigenvalue weighted by Gasteiger charge is 2.08. The summed E-state index contributed by atoms with van der Waals surface area (Å²) >= 11 is 0. The van der Waals surface area contributed by atoms with Crippen LogP contribution in [-0.4, -0.2) is 19.1 Å². The molecule has 2 rings (SSSR count). The van der Waals surface area contributed by atoms with E-state index >= 15 is 0 Å². The lowest BCUT2D eigenvalue weighted by atomic mass is 10.2. The Morgan fingerprint density at radius 3 is 2.71 bits per heavy atom. The molecule has 0 saturated carbocycles. The van der Waals surface area contributed by atoms with Gasteiger partial charge in [-0.05, 0) is 18.2 Å². The monoisotopic (exact) mass is 231 g/mol. The van der Waals surface area contributed by atoms with Crippen molar-refractivity contribution in [2.45, 2.75) is 0 Å². The van der Waals surface area contributed by atoms with E-state index in [-0.39, 0.29) is 5.82 Å². The van der Waals surface area contributed by atoms with Gasteiger partial charge in [-0.25, -0.2) is 9.37 Å². The van der Waals surface area contributed by atoms with Crippen LogP contribution >= 0.6 is 0 Å². The number of hydrogen-bond donors (Lipinski definition) is 1. The number of rotatable bonds is 3. The number of nitrogens with one attached hydrogen (secondary N) is 1. The Morgan fingerprint density at radius 1 is 1.24 bits per heavy atom. The van der Waals surface area contributed by atoms with Crippen molar-refractivity contribution >= 4 is 17.2 Å². The van der Waals surface area contributed by atoms with E-state index in [1.807, 2.05) is 25.2 Å². The van der Waals surface area contributed by atoms with E-state index in [4.69, 9.17) is 0 Å². The van der Waals surface area contributed by atoms with Crippen molar-refractivity contribution < 1.29 is 4.39 Å². The minimum Gasteiger partial charge on any atom is -0.373 e. The molecule has 3 nitrogen and oxygen atoms in total. The number of pyridine rings is 1. The summed E-state index contributed by atoms with van der Waals surface area (Å²) in [4.78, 5) is 5.91. The Kier molecular flexibility index (Phi) is 3.23. The second kappa shape index (κ2) is 4.82. The highest BCUT2D eigenvalue weighted by Crippen LogP contribution is 2.26. The van der Waals surface area contributed by atoms with Gasteiger partial charge in [0.15, 0.2) is 0 Å². The van der Waals surface area contributed by atoms with Crippen molar-refractivity contribution in [2.24, 2.45) is 0 Å². The van der Waals surface area contributed by atoms with Crippen LogP contribution in [0.3, 0.4) is 0 Å². The molecule has 0 unspecified atom stereocenters. The zero-order valence-corrected chi connectivity index (χ0v) is 9.81. The molecule has 88 valence electrons. The fourth-order valence-electron chi connectivity index (χ4n) is 1.63. The first kappa shape index (κ1) is 11.4. The topological polar surface area (TPSA) is 28.2 Å². The van der Waals surface area contributed by atoms with Crippen molar-refractivity contribution in [3.05, 3.63) is 48.4 Å². The van der Waals surface area contributed by atoms with Gasteiger partial charge in [-0.2, -0.15) is 0 Å². The molecule has 0 bridgehead atoms. The standard InChI is InChI=1S/C13H14FN3/c1-15-13-9-10(7-8-16-13)17(2)12-6-4-3-5-11(12)14/h3-9H,1-2H3,(H,15,16). The van der Waals surface area contributed by atoms with Gasteiger partial charge in [0.25, 0.3) is 0 Å². The summed E-state index contributed by atoms with van der Waals surface area (Å²) in [6.07, 6.45) is 1.69. The van der Waals surface area contributed by atoms with E-state index in [9.17, 15) is 4.39 Å².